The zero-order chi connectivity index (χ0) is 12.1. The third-order valence-corrected chi connectivity index (χ3v) is 2.96. The lowest BCUT2D eigenvalue weighted by atomic mass is 10.4. The number of aromatic nitrogens is 1. The first-order valence-corrected chi connectivity index (χ1v) is 6.15. The van der Waals surface area contributed by atoms with Crippen LogP contribution >= 0.6 is 22.9 Å². The standard InChI is InChI=1S/C12H9ClN2OS/c13-10-4-1-5-11(14-10)15-12(16)7-6-9-3-2-8-17-9/h1-8H,(H,14,15,16)/b7-6+. The molecule has 0 spiro atoms. The summed E-state index contributed by atoms with van der Waals surface area (Å²) in [6, 6.07) is 8.93. The summed E-state index contributed by atoms with van der Waals surface area (Å²) in [4.78, 5) is 16.5. The van der Waals surface area contributed by atoms with Gasteiger partial charge in [-0.15, -0.1) is 11.3 Å². The minimum absolute atomic E-state index is 0.229. The Bertz CT molecular complexity index is 537. The van der Waals surface area contributed by atoms with Gasteiger partial charge in [0.15, 0.2) is 0 Å². The molecule has 0 bridgehead atoms. The molecule has 2 rings (SSSR count). The van der Waals surface area contributed by atoms with Crippen LogP contribution in [0.4, 0.5) is 5.82 Å². The van der Waals surface area contributed by atoms with Crippen molar-refractivity contribution in [1.82, 2.24) is 4.98 Å². The van der Waals surface area contributed by atoms with Crippen molar-refractivity contribution >= 4 is 40.7 Å². The first kappa shape index (κ1) is 11.8. The third-order valence-electron chi connectivity index (χ3n) is 1.91. The number of carbonyl (C=O) groups is 1. The number of nitrogens with zero attached hydrogens (tertiary/aromatic N) is 1. The van der Waals surface area contributed by atoms with Crippen LogP contribution in [0.1, 0.15) is 4.88 Å². The summed E-state index contributed by atoms with van der Waals surface area (Å²) in [5.74, 6) is 0.214. The van der Waals surface area contributed by atoms with Crippen LogP contribution in [0.5, 0.6) is 0 Å². The smallest absolute Gasteiger partial charge is 0.249 e. The Kier molecular flexibility index (Phi) is 3.90. The number of amides is 1. The van der Waals surface area contributed by atoms with Gasteiger partial charge in [0.2, 0.25) is 5.91 Å². The molecular weight excluding hydrogens is 256 g/mol. The topological polar surface area (TPSA) is 42.0 Å². The number of hydrogen-bond acceptors (Lipinski definition) is 3. The fourth-order valence-corrected chi connectivity index (χ4v) is 1.97. The fraction of sp³-hybridized carbons (Fsp3) is 0. The fourth-order valence-electron chi connectivity index (χ4n) is 1.19. The Morgan fingerprint density at radius 1 is 1.35 bits per heavy atom. The third kappa shape index (κ3) is 3.69. The van der Waals surface area contributed by atoms with Gasteiger partial charge in [-0.3, -0.25) is 4.79 Å². The molecule has 0 atom stereocenters. The molecule has 0 fully saturated rings. The molecule has 2 aromatic rings. The zero-order valence-electron chi connectivity index (χ0n) is 8.76. The monoisotopic (exact) mass is 264 g/mol. The van der Waals surface area contributed by atoms with Crippen LogP contribution in [0, 0.1) is 0 Å². The predicted molar refractivity (Wildman–Crippen MR) is 71.2 cm³/mol. The quantitative estimate of drug-likeness (QED) is 0.681. The maximum Gasteiger partial charge on any atom is 0.249 e. The molecule has 2 aromatic heterocycles. The van der Waals surface area contributed by atoms with Crippen molar-refractivity contribution in [2.24, 2.45) is 0 Å². The van der Waals surface area contributed by atoms with Crippen LogP contribution in [0.25, 0.3) is 6.08 Å². The SMILES string of the molecule is O=C(/C=C/c1cccs1)Nc1cccc(Cl)n1. The Balaban J connectivity index is 1.98. The van der Waals surface area contributed by atoms with E-state index in [0.717, 1.165) is 4.88 Å². The second-order valence-electron chi connectivity index (χ2n) is 3.18. The van der Waals surface area contributed by atoms with E-state index in [1.54, 1.807) is 35.6 Å². The van der Waals surface area contributed by atoms with Gasteiger partial charge in [0.1, 0.15) is 11.0 Å². The van der Waals surface area contributed by atoms with Crippen molar-refractivity contribution in [1.29, 1.82) is 0 Å². The van der Waals surface area contributed by atoms with E-state index in [1.807, 2.05) is 17.5 Å². The summed E-state index contributed by atoms with van der Waals surface area (Å²) in [5, 5.41) is 4.93. The highest BCUT2D eigenvalue weighted by Gasteiger charge is 1.99. The van der Waals surface area contributed by atoms with Crippen LogP contribution in [0.3, 0.4) is 0 Å². The van der Waals surface area contributed by atoms with E-state index in [2.05, 4.69) is 10.3 Å². The molecule has 0 unspecified atom stereocenters. The molecule has 0 aliphatic heterocycles. The molecule has 2 heterocycles. The second-order valence-corrected chi connectivity index (χ2v) is 4.55. The van der Waals surface area contributed by atoms with Gasteiger partial charge >= 0.3 is 0 Å². The summed E-state index contributed by atoms with van der Waals surface area (Å²) in [5.41, 5.74) is 0. The number of anilines is 1. The van der Waals surface area contributed by atoms with Crippen LogP contribution in [0.15, 0.2) is 41.8 Å². The van der Waals surface area contributed by atoms with Crippen molar-refractivity contribution < 1.29 is 4.79 Å². The maximum absolute atomic E-state index is 11.5. The van der Waals surface area contributed by atoms with Crippen molar-refractivity contribution in [3.8, 4) is 0 Å². The molecule has 17 heavy (non-hydrogen) atoms. The summed E-state index contributed by atoms with van der Waals surface area (Å²) >= 11 is 7.28. The molecule has 1 amide bonds. The van der Waals surface area contributed by atoms with E-state index in [1.165, 1.54) is 6.08 Å². The molecule has 0 saturated carbocycles. The zero-order valence-corrected chi connectivity index (χ0v) is 10.3. The first-order chi connectivity index (χ1) is 8.24. The van der Waals surface area contributed by atoms with Crippen molar-refractivity contribution in [2.45, 2.75) is 0 Å². The number of carbonyl (C=O) groups excluding carboxylic acids is 1. The van der Waals surface area contributed by atoms with E-state index < -0.39 is 0 Å². The minimum Gasteiger partial charge on any atom is -0.307 e. The van der Waals surface area contributed by atoms with Crippen LogP contribution in [-0.2, 0) is 4.79 Å². The van der Waals surface area contributed by atoms with Crippen molar-refractivity contribution in [3.63, 3.8) is 0 Å². The van der Waals surface area contributed by atoms with Gasteiger partial charge in [0.25, 0.3) is 0 Å². The maximum atomic E-state index is 11.5. The first-order valence-electron chi connectivity index (χ1n) is 4.89. The average Bonchev–Trinajstić information content (AvgIpc) is 2.79. The molecule has 3 nitrogen and oxygen atoms in total. The normalized spacial score (nSPS) is 10.6. The van der Waals surface area contributed by atoms with E-state index in [0.29, 0.717) is 11.0 Å². The Hall–Kier alpha value is -1.65. The lowest BCUT2D eigenvalue weighted by Gasteiger charge is -2.00. The van der Waals surface area contributed by atoms with Gasteiger partial charge in [0, 0.05) is 11.0 Å². The second kappa shape index (κ2) is 5.61. The molecule has 0 saturated heterocycles. The van der Waals surface area contributed by atoms with Gasteiger partial charge in [-0.2, -0.15) is 0 Å². The average molecular weight is 265 g/mol. The Morgan fingerprint density at radius 3 is 2.94 bits per heavy atom. The van der Waals surface area contributed by atoms with Crippen LogP contribution in [0.2, 0.25) is 5.15 Å². The molecule has 0 aromatic carbocycles. The molecule has 1 N–H and O–H groups in total. The summed E-state index contributed by atoms with van der Waals surface area (Å²) in [6.07, 6.45) is 3.22. The van der Waals surface area contributed by atoms with Crippen LogP contribution in [-0.4, -0.2) is 10.9 Å². The number of pyridine rings is 1. The van der Waals surface area contributed by atoms with Gasteiger partial charge in [0.05, 0.1) is 0 Å². The number of thiophene rings is 1. The lowest BCUT2D eigenvalue weighted by molar-refractivity contribution is -0.111. The van der Waals surface area contributed by atoms with Gasteiger partial charge in [-0.25, -0.2) is 4.98 Å². The number of rotatable bonds is 3. The van der Waals surface area contributed by atoms with E-state index in [-0.39, 0.29) is 5.91 Å². The highest BCUT2D eigenvalue weighted by Crippen LogP contribution is 2.11. The number of nitrogens with one attached hydrogen (secondary N) is 1. The highest BCUT2D eigenvalue weighted by atomic mass is 35.5. The number of hydrogen-bond donors (Lipinski definition) is 1. The van der Waals surface area contributed by atoms with Crippen molar-refractivity contribution in [2.75, 3.05) is 5.32 Å². The lowest BCUT2D eigenvalue weighted by Crippen LogP contribution is -2.08. The number of halogens is 1. The van der Waals surface area contributed by atoms with Gasteiger partial charge in [-0.05, 0) is 29.7 Å². The van der Waals surface area contributed by atoms with Gasteiger partial charge < -0.3 is 5.32 Å². The Labute approximate surface area is 108 Å². The predicted octanol–water partition coefficient (Wildman–Crippen LogP) is 3.45. The van der Waals surface area contributed by atoms with E-state index in [4.69, 9.17) is 11.6 Å². The van der Waals surface area contributed by atoms with Crippen LogP contribution < -0.4 is 5.32 Å². The molecule has 86 valence electrons. The van der Waals surface area contributed by atoms with Gasteiger partial charge in [-0.1, -0.05) is 23.7 Å². The molecule has 0 aliphatic rings. The molecule has 0 aliphatic carbocycles. The molecule has 0 radical (unpaired) electrons. The summed E-state index contributed by atoms with van der Waals surface area (Å²) in [7, 11) is 0. The van der Waals surface area contributed by atoms with E-state index in [9.17, 15) is 4.79 Å². The van der Waals surface area contributed by atoms with E-state index >= 15 is 0 Å². The molecular formula is C12H9ClN2OS. The minimum atomic E-state index is -0.229. The van der Waals surface area contributed by atoms with Crippen molar-refractivity contribution in [3.05, 3.63) is 51.8 Å². The summed E-state index contributed by atoms with van der Waals surface area (Å²) in [6.45, 7) is 0. The Morgan fingerprint density at radius 2 is 2.24 bits per heavy atom. The highest BCUT2D eigenvalue weighted by molar-refractivity contribution is 7.10. The summed E-state index contributed by atoms with van der Waals surface area (Å²) < 4.78 is 0. The largest absolute Gasteiger partial charge is 0.307 e. The molecule has 5 heteroatoms.